The zero-order valence-electron chi connectivity index (χ0n) is 17.5. The first-order chi connectivity index (χ1) is 14.3. The van der Waals surface area contributed by atoms with Crippen LogP contribution in [0.2, 0.25) is 0 Å². The van der Waals surface area contributed by atoms with Gasteiger partial charge in [0.1, 0.15) is 6.61 Å². The third-order valence-electron chi connectivity index (χ3n) is 5.00. The van der Waals surface area contributed by atoms with Gasteiger partial charge in [-0.2, -0.15) is 0 Å². The molecule has 0 spiro atoms. The van der Waals surface area contributed by atoms with Crippen LogP contribution in [0.1, 0.15) is 30.0 Å². The third-order valence-corrected chi connectivity index (χ3v) is 5.00. The van der Waals surface area contributed by atoms with Gasteiger partial charge < -0.3 is 9.47 Å². The molecule has 0 aromatic heterocycles. The van der Waals surface area contributed by atoms with E-state index in [1.807, 2.05) is 30.3 Å². The Bertz CT molecular complexity index is 849. The monoisotopic (exact) mass is 389 g/mol. The van der Waals surface area contributed by atoms with Crippen LogP contribution in [0, 0.1) is 0 Å². The average molecular weight is 390 g/mol. The molecular weight excluding hydrogens is 358 g/mol. The summed E-state index contributed by atoms with van der Waals surface area (Å²) in [6, 6.07) is 27.1. The highest BCUT2D eigenvalue weighted by molar-refractivity contribution is 5.46. The van der Waals surface area contributed by atoms with E-state index in [9.17, 15) is 0 Å². The number of hydrogen-bond acceptors (Lipinski definition) is 3. The minimum Gasteiger partial charge on any atom is -0.493 e. The summed E-state index contributed by atoms with van der Waals surface area (Å²) in [7, 11) is 1.70. The Kier molecular flexibility index (Phi) is 8.14. The zero-order valence-corrected chi connectivity index (χ0v) is 17.5. The Balaban J connectivity index is 1.72. The lowest BCUT2D eigenvalue weighted by atomic mass is 10.1. The summed E-state index contributed by atoms with van der Waals surface area (Å²) < 4.78 is 11.8. The second kappa shape index (κ2) is 11.3. The molecule has 0 saturated carbocycles. The van der Waals surface area contributed by atoms with Crippen LogP contribution in [0.3, 0.4) is 0 Å². The molecule has 0 N–H and O–H groups in total. The third kappa shape index (κ3) is 6.37. The molecule has 3 rings (SSSR count). The Hall–Kier alpha value is -2.78. The van der Waals surface area contributed by atoms with Crippen LogP contribution in [0.4, 0.5) is 0 Å². The van der Waals surface area contributed by atoms with Gasteiger partial charge in [0.15, 0.2) is 11.5 Å². The van der Waals surface area contributed by atoms with E-state index in [1.165, 1.54) is 11.1 Å². The fourth-order valence-electron chi connectivity index (χ4n) is 3.50. The lowest BCUT2D eigenvalue weighted by Crippen LogP contribution is -2.27. The van der Waals surface area contributed by atoms with Gasteiger partial charge in [0.2, 0.25) is 0 Å². The highest BCUT2D eigenvalue weighted by Crippen LogP contribution is 2.32. The summed E-state index contributed by atoms with van der Waals surface area (Å²) in [5.41, 5.74) is 3.69. The van der Waals surface area contributed by atoms with Gasteiger partial charge >= 0.3 is 0 Å². The van der Waals surface area contributed by atoms with Gasteiger partial charge in [-0.15, -0.1) is 0 Å². The highest BCUT2D eigenvalue weighted by Gasteiger charge is 2.14. The Morgan fingerprint density at radius 2 is 1.45 bits per heavy atom. The standard InChI is InChI=1S/C26H31NO2/c1-3-18-27(19-17-22-11-6-4-7-12-22)20-24-15-10-16-25(28-2)26(24)29-21-23-13-8-5-9-14-23/h4-16H,3,17-21H2,1-2H3. The first-order valence-corrected chi connectivity index (χ1v) is 10.4. The van der Waals surface area contributed by atoms with Gasteiger partial charge in [-0.05, 0) is 36.6 Å². The Labute approximate surface area is 174 Å². The van der Waals surface area contributed by atoms with E-state index in [-0.39, 0.29) is 0 Å². The van der Waals surface area contributed by atoms with Crippen molar-refractivity contribution in [3.63, 3.8) is 0 Å². The fourth-order valence-corrected chi connectivity index (χ4v) is 3.50. The highest BCUT2D eigenvalue weighted by atomic mass is 16.5. The van der Waals surface area contributed by atoms with Crippen molar-refractivity contribution in [2.45, 2.75) is 32.9 Å². The molecule has 0 radical (unpaired) electrons. The van der Waals surface area contributed by atoms with Crippen molar-refractivity contribution in [3.8, 4) is 11.5 Å². The molecule has 3 heteroatoms. The number of nitrogens with zero attached hydrogens (tertiary/aromatic N) is 1. The van der Waals surface area contributed by atoms with Crippen LogP contribution in [-0.4, -0.2) is 25.1 Å². The molecule has 0 saturated heterocycles. The van der Waals surface area contributed by atoms with Crippen LogP contribution < -0.4 is 9.47 Å². The first-order valence-electron chi connectivity index (χ1n) is 10.4. The summed E-state index contributed by atoms with van der Waals surface area (Å²) in [5.74, 6) is 1.64. The van der Waals surface area contributed by atoms with Crippen LogP contribution in [0.25, 0.3) is 0 Å². The van der Waals surface area contributed by atoms with Gasteiger partial charge in [-0.25, -0.2) is 0 Å². The van der Waals surface area contributed by atoms with Crippen molar-refractivity contribution in [1.29, 1.82) is 0 Å². The van der Waals surface area contributed by atoms with E-state index in [0.29, 0.717) is 6.61 Å². The summed E-state index contributed by atoms with van der Waals surface area (Å²) in [6.07, 6.45) is 2.17. The van der Waals surface area contributed by atoms with Crippen molar-refractivity contribution >= 4 is 0 Å². The Morgan fingerprint density at radius 3 is 2.10 bits per heavy atom. The maximum Gasteiger partial charge on any atom is 0.166 e. The first kappa shape index (κ1) is 20.9. The maximum absolute atomic E-state index is 6.24. The summed E-state index contributed by atoms with van der Waals surface area (Å²) in [5, 5.41) is 0. The van der Waals surface area contributed by atoms with E-state index in [0.717, 1.165) is 49.5 Å². The number of ether oxygens (including phenoxy) is 2. The number of hydrogen-bond donors (Lipinski definition) is 0. The molecular formula is C26H31NO2. The summed E-state index contributed by atoms with van der Waals surface area (Å²) >= 11 is 0. The molecule has 0 aliphatic heterocycles. The van der Waals surface area contributed by atoms with E-state index in [2.05, 4.69) is 60.4 Å². The topological polar surface area (TPSA) is 21.7 Å². The maximum atomic E-state index is 6.24. The minimum absolute atomic E-state index is 0.534. The van der Waals surface area contributed by atoms with Crippen LogP contribution in [0.15, 0.2) is 78.9 Å². The van der Waals surface area contributed by atoms with Crippen molar-refractivity contribution in [1.82, 2.24) is 4.90 Å². The fraction of sp³-hybridized carbons (Fsp3) is 0.308. The van der Waals surface area contributed by atoms with E-state index in [4.69, 9.17) is 9.47 Å². The zero-order chi connectivity index (χ0) is 20.3. The Morgan fingerprint density at radius 1 is 0.759 bits per heavy atom. The predicted octanol–water partition coefficient (Wildman–Crippen LogP) is 5.73. The molecule has 0 amide bonds. The molecule has 0 aliphatic carbocycles. The molecule has 0 fully saturated rings. The van der Waals surface area contributed by atoms with Crippen molar-refractivity contribution in [3.05, 3.63) is 95.6 Å². The van der Waals surface area contributed by atoms with E-state index >= 15 is 0 Å². The van der Waals surface area contributed by atoms with Crippen molar-refractivity contribution < 1.29 is 9.47 Å². The minimum atomic E-state index is 0.534. The van der Waals surface area contributed by atoms with E-state index in [1.54, 1.807) is 7.11 Å². The average Bonchev–Trinajstić information content (AvgIpc) is 2.78. The summed E-state index contributed by atoms with van der Waals surface area (Å²) in [4.78, 5) is 2.50. The second-order valence-corrected chi connectivity index (χ2v) is 7.23. The van der Waals surface area contributed by atoms with Crippen molar-refractivity contribution in [2.24, 2.45) is 0 Å². The van der Waals surface area contributed by atoms with Gasteiger partial charge in [0.05, 0.1) is 7.11 Å². The van der Waals surface area contributed by atoms with Crippen molar-refractivity contribution in [2.75, 3.05) is 20.2 Å². The quantitative estimate of drug-likeness (QED) is 0.418. The van der Waals surface area contributed by atoms with Crippen LogP contribution in [0.5, 0.6) is 11.5 Å². The van der Waals surface area contributed by atoms with Gasteiger partial charge in [0.25, 0.3) is 0 Å². The van der Waals surface area contributed by atoms with Crippen LogP contribution >= 0.6 is 0 Å². The number of rotatable bonds is 11. The van der Waals surface area contributed by atoms with Gasteiger partial charge in [-0.3, -0.25) is 4.90 Å². The largest absolute Gasteiger partial charge is 0.493 e. The summed E-state index contributed by atoms with van der Waals surface area (Å²) in [6.45, 7) is 5.69. The number of para-hydroxylation sites is 1. The smallest absolute Gasteiger partial charge is 0.166 e. The molecule has 29 heavy (non-hydrogen) atoms. The molecule has 152 valence electrons. The second-order valence-electron chi connectivity index (χ2n) is 7.23. The molecule has 0 bridgehead atoms. The molecule has 3 nitrogen and oxygen atoms in total. The lowest BCUT2D eigenvalue weighted by Gasteiger charge is -2.24. The molecule has 3 aromatic carbocycles. The van der Waals surface area contributed by atoms with Gasteiger partial charge in [0, 0.05) is 18.7 Å². The lowest BCUT2D eigenvalue weighted by molar-refractivity contribution is 0.249. The molecule has 0 atom stereocenters. The molecule has 0 unspecified atom stereocenters. The normalized spacial score (nSPS) is 10.9. The SMILES string of the molecule is CCCN(CCc1ccccc1)Cc1cccc(OC)c1OCc1ccccc1. The predicted molar refractivity (Wildman–Crippen MR) is 119 cm³/mol. The van der Waals surface area contributed by atoms with Crippen LogP contribution in [-0.2, 0) is 19.6 Å². The number of methoxy groups -OCH3 is 1. The molecule has 0 aliphatic rings. The number of benzene rings is 3. The molecule has 3 aromatic rings. The van der Waals surface area contributed by atoms with Gasteiger partial charge in [-0.1, -0.05) is 79.7 Å². The van der Waals surface area contributed by atoms with E-state index < -0.39 is 0 Å². The molecule has 0 heterocycles.